The second-order valence-corrected chi connectivity index (χ2v) is 7.98. The van der Waals surface area contributed by atoms with Crippen molar-refractivity contribution >= 4 is 33.0 Å². The number of fused-ring (bicyclic) bond motifs is 1. The third-order valence-electron chi connectivity index (χ3n) is 4.17. The molecule has 2 aromatic carbocycles. The van der Waals surface area contributed by atoms with Crippen LogP contribution in [0.1, 0.15) is 18.4 Å². The van der Waals surface area contributed by atoms with Crippen LogP contribution in [0.5, 0.6) is 5.75 Å². The molecule has 0 spiro atoms. The van der Waals surface area contributed by atoms with Gasteiger partial charge in [-0.3, -0.25) is 4.31 Å². The van der Waals surface area contributed by atoms with Crippen molar-refractivity contribution in [2.45, 2.75) is 24.2 Å². The number of benzene rings is 2. The molecule has 1 aliphatic rings. The number of aryl methyl sites for hydroxylation is 1. The third-order valence-corrected chi connectivity index (χ3v) is 6.33. The molecule has 0 amide bonds. The minimum atomic E-state index is -3.72. The Kier molecular flexibility index (Phi) is 4.60. The van der Waals surface area contributed by atoms with Gasteiger partial charge in [-0.05, 0) is 49.1 Å². The Morgan fingerprint density at radius 2 is 1.96 bits per heavy atom. The average molecular weight is 367 g/mol. The number of halogens is 1. The van der Waals surface area contributed by atoms with E-state index in [9.17, 15) is 8.42 Å². The smallest absolute Gasteiger partial charge is 0.264 e. The molecule has 2 aromatic rings. The van der Waals surface area contributed by atoms with Gasteiger partial charge in [0.05, 0.1) is 28.4 Å². The Morgan fingerprint density at radius 1 is 1.17 bits per heavy atom. The molecule has 1 aliphatic heterocycles. The van der Waals surface area contributed by atoms with Crippen LogP contribution >= 0.6 is 11.6 Å². The number of rotatable bonds is 3. The summed E-state index contributed by atoms with van der Waals surface area (Å²) in [5.74, 6) is 0.631. The van der Waals surface area contributed by atoms with E-state index < -0.39 is 10.0 Å². The highest BCUT2D eigenvalue weighted by atomic mass is 35.5. The maximum absolute atomic E-state index is 13.2. The summed E-state index contributed by atoms with van der Waals surface area (Å²) in [4.78, 5) is 0.139. The van der Waals surface area contributed by atoms with Crippen LogP contribution in [-0.4, -0.2) is 22.1 Å². The molecule has 3 rings (SSSR count). The molecule has 0 aliphatic carbocycles. The number of ether oxygens (including phenoxy) is 1. The van der Waals surface area contributed by atoms with E-state index >= 15 is 0 Å². The van der Waals surface area contributed by atoms with E-state index in [1.54, 1.807) is 13.2 Å². The van der Waals surface area contributed by atoms with E-state index in [2.05, 4.69) is 0 Å². The summed E-state index contributed by atoms with van der Waals surface area (Å²) in [5, 5.41) is 0.340. The summed E-state index contributed by atoms with van der Waals surface area (Å²) in [6.07, 6.45) is 2.57. The molecule has 0 radical (unpaired) electrons. The van der Waals surface area contributed by atoms with E-state index in [0.717, 1.165) is 24.8 Å². The summed E-state index contributed by atoms with van der Waals surface area (Å²) in [5.41, 5.74) is 7.70. The largest absolute Gasteiger partial charge is 0.497 e. The lowest BCUT2D eigenvalue weighted by atomic mass is 10.1. The Bertz CT molecular complexity index is 868. The van der Waals surface area contributed by atoms with Gasteiger partial charge in [-0.1, -0.05) is 17.7 Å². The van der Waals surface area contributed by atoms with Crippen molar-refractivity contribution in [3.05, 3.63) is 47.0 Å². The van der Waals surface area contributed by atoms with Gasteiger partial charge in [0.2, 0.25) is 0 Å². The molecule has 0 unspecified atom stereocenters. The standard InChI is InChI=1S/C17H19ClN2O3S/c1-23-13-6-5-12-4-2-3-9-20(17(12)10-13)24(21,22)14-7-8-15(18)16(19)11-14/h5-8,10-11H,2-4,9,19H2,1H3. The fourth-order valence-electron chi connectivity index (χ4n) is 2.86. The van der Waals surface area contributed by atoms with Gasteiger partial charge in [-0.25, -0.2) is 8.42 Å². The molecule has 1 heterocycles. The molecule has 0 fully saturated rings. The van der Waals surface area contributed by atoms with Crippen LogP contribution < -0.4 is 14.8 Å². The molecule has 24 heavy (non-hydrogen) atoms. The highest BCUT2D eigenvalue weighted by molar-refractivity contribution is 7.92. The minimum Gasteiger partial charge on any atom is -0.497 e. The van der Waals surface area contributed by atoms with Gasteiger partial charge in [0.25, 0.3) is 10.0 Å². The zero-order valence-electron chi connectivity index (χ0n) is 13.3. The summed E-state index contributed by atoms with van der Waals surface area (Å²) in [6, 6.07) is 9.96. The highest BCUT2D eigenvalue weighted by Crippen LogP contribution is 2.35. The summed E-state index contributed by atoms with van der Waals surface area (Å²) in [6.45, 7) is 0.422. The van der Waals surface area contributed by atoms with Gasteiger partial charge in [0.15, 0.2) is 0 Å². The van der Waals surface area contributed by atoms with E-state index in [0.29, 0.717) is 23.0 Å². The zero-order chi connectivity index (χ0) is 17.3. The molecule has 0 bridgehead atoms. The monoisotopic (exact) mass is 366 g/mol. The number of nitrogen functional groups attached to an aromatic ring is 1. The third kappa shape index (κ3) is 3.03. The van der Waals surface area contributed by atoms with Crippen molar-refractivity contribution in [1.29, 1.82) is 0 Å². The second-order valence-electron chi connectivity index (χ2n) is 5.71. The quantitative estimate of drug-likeness (QED) is 0.844. The Balaban J connectivity index is 2.12. The second kappa shape index (κ2) is 6.53. The number of nitrogens with two attached hydrogens (primary N) is 1. The summed E-state index contributed by atoms with van der Waals surface area (Å²) >= 11 is 5.91. The predicted octanol–water partition coefficient (Wildman–Crippen LogP) is 3.46. The summed E-state index contributed by atoms with van der Waals surface area (Å²) < 4.78 is 33.0. The topological polar surface area (TPSA) is 72.6 Å². The van der Waals surface area contributed by atoms with Gasteiger partial charge in [0, 0.05) is 12.6 Å². The van der Waals surface area contributed by atoms with Crippen LogP contribution in [0.3, 0.4) is 0 Å². The van der Waals surface area contributed by atoms with Crippen LogP contribution in [0.15, 0.2) is 41.3 Å². The number of anilines is 2. The molecule has 7 heteroatoms. The maximum Gasteiger partial charge on any atom is 0.264 e. The number of methoxy groups -OCH3 is 1. The van der Waals surface area contributed by atoms with Crippen molar-refractivity contribution in [3.63, 3.8) is 0 Å². The fourth-order valence-corrected chi connectivity index (χ4v) is 4.55. The van der Waals surface area contributed by atoms with Gasteiger partial charge in [-0.2, -0.15) is 0 Å². The first-order valence-electron chi connectivity index (χ1n) is 7.68. The van der Waals surface area contributed by atoms with Crippen LogP contribution in [0, 0.1) is 0 Å². The van der Waals surface area contributed by atoms with Crippen molar-refractivity contribution in [1.82, 2.24) is 0 Å². The van der Waals surface area contributed by atoms with Crippen LogP contribution in [0.25, 0.3) is 0 Å². The lowest BCUT2D eigenvalue weighted by Crippen LogP contribution is -2.32. The Morgan fingerprint density at radius 3 is 2.67 bits per heavy atom. The molecule has 2 N–H and O–H groups in total. The van der Waals surface area contributed by atoms with Crippen LogP contribution in [0.4, 0.5) is 11.4 Å². The number of hydrogen-bond acceptors (Lipinski definition) is 4. The molecule has 0 saturated carbocycles. The van der Waals surface area contributed by atoms with E-state index in [4.69, 9.17) is 22.1 Å². The van der Waals surface area contributed by atoms with Gasteiger partial charge >= 0.3 is 0 Å². The van der Waals surface area contributed by atoms with Gasteiger partial charge in [-0.15, -0.1) is 0 Å². The fraction of sp³-hybridized carbons (Fsp3) is 0.294. The normalized spacial score (nSPS) is 14.8. The van der Waals surface area contributed by atoms with E-state index in [-0.39, 0.29) is 10.6 Å². The number of nitrogens with zero attached hydrogens (tertiary/aromatic N) is 1. The van der Waals surface area contributed by atoms with Crippen molar-refractivity contribution in [3.8, 4) is 5.75 Å². The lowest BCUT2D eigenvalue weighted by Gasteiger charge is -2.25. The Labute approximate surface area is 147 Å². The number of hydrogen-bond donors (Lipinski definition) is 1. The molecular formula is C17H19ClN2O3S. The molecule has 0 saturated heterocycles. The van der Waals surface area contributed by atoms with Crippen molar-refractivity contribution in [2.75, 3.05) is 23.7 Å². The first-order valence-corrected chi connectivity index (χ1v) is 9.50. The predicted molar refractivity (Wildman–Crippen MR) is 96.3 cm³/mol. The van der Waals surface area contributed by atoms with Gasteiger partial charge < -0.3 is 10.5 Å². The lowest BCUT2D eigenvalue weighted by molar-refractivity contribution is 0.415. The SMILES string of the molecule is COc1ccc2c(c1)N(S(=O)(=O)c1ccc(Cl)c(N)c1)CCCC2. The molecule has 0 atom stereocenters. The van der Waals surface area contributed by atoms with Crippen molar-refractivity contribution < 1.29 is 13.2 Å². The summed E-state index contributed by atoms with van der Waals surface area (Å²) in [7, 11) is -2.16. The van der Waals surface area contributed by atoms with Crippen molar-refractivity contribution in [2.24, 2.45) is 0 Å². The molecule has 0 aromatic heterocycles. The molecule has 5 nitrogen and oxygen atoms in total. The zero-order valence-corrected chi connectivity index (χ0v) is 14.9. The average Bonchev–Trinajstić information content (AvgIpc) is 2.79. The van der Waals surface area contributed by atoms with E-state index in [1.165, 1.54) is 22.5 Å². The molecule has 128 valence electrons. The minimum absolute atomic E-state index is 0.139. The first-order chi connectivity index (χ1) is 11.4. The molecular weight excluding hydrogens is 348 g/mol. The highest BCUT2D eigenvalue weighted by Gasteiger charge is 2.28. The van der Waals surface area contributed by atoms with Gasteiger partial charge in [0.1, 0.15) is 5.75 Å². The number of sulfonamides is 1. The first kappa shape index (κ1) is 16.9. The van der Waals surface area contributed by atoms with Crippen LogP contribution in [-0.2, 0) is 16.4 Å². The Hall–Kier alpha value is -1.92. The van der Waals surface area contributed by atoms with Crippen LogP contribution in [0.2, 0.25) is 5.02 Å². The maximum atomic E-state index is 13.2. The van der Waals surface area contributed by atoms with E-state index in [1.807, 2.05) is 12.1 Å².